The normalized spacial score (nSPS) is 16.2. The molecule has 0 saturated heterocycles. The number of phosphoric ester groups is 1. The molecule has 0 spiro atoms. The monoisotopic (exact) mass is 409 g/mol. The van der Waals surface area contributed by atoms with E-state index >= 15 is 0 Å². The Morgan fingerprint density at radius 3 is 2.11 bits per heavy atom. The second-order valence-electron chi connectivity index (χ2n) is 7.24. The molecule has 0 fully saturated rings. The maximum absolute atomic E-state index is 12.5. The summed E-state index contributed by atoms with van der Waals surface area (Å²) in [7, 11) is -4.18. The van der Waals surface area contributed by atoms with Crippen LogP contribution in [0.5, 0.6) is 0 Å². The maximum Gasteiger partial charge on any atom is 0.475 e. The highest BCUT2D eigenvalue weighted by molar-refractivity contribution is 7.47. The van der Waals surface area contributed by atoms with Crippen LogP contribution in [-0.4, -0.2) is 43.3 Å². The molecule has 0 aliphatic rings. The molecule has 0 aromatic rings. The van der Waals surface area contributed by atoms with Crippen molar-refractivity contribution in [3.8, 4) is 0 Å². The molecule has 0 aliphatic heterocycles. The van der Waals surface area contributed by atoms with Crippen LogP contribution in [0.3, 0.4) is 0 Å². The van der Waals surface area contributed by atoms with E-state index in [1.807, 2.05) is 13.8 Å². The van der Waals surface area contributed by atoms with Gasteiger partial charge in [-0.25, -0.2) is 9.09 Å². The van der Waals surface area contributed by atoms with E-state index in [1.54, 1.807) is 20.8 Å². The van der Waals surface area contributed by atoms with Crippen molar-refractivity contribution in [1.29, 1.82) is 0 Å². The lowest BCUT2D eigenvalue weighted by Gasteiger charge is -2.33. The predicted octanol–water partition coefficient (Wildman–Crippen LogP) is 3.67. The van der Waals surface area contributed by atoms with Gasteiger partial charge in [0.15, 0.2) is 6.61 Å². The lowest BCUT2D eigenvalue weighted by molar-refractivity contribution is -0.163. The molecule has 0 heterocycles. The van der Waals surface area contributed by atoms with Gasteiger partial charge in [-0.15, -0.1) is 0 Å². The van der Waals surface area contributed by atoms with Gasteiger partial charge in [0.1, 0.15) is 6.61 Å². The minimum atomic E-state index is -4.18. The van der Waals surface area contributed by atoms with Crippen LogP contribution in [0.2, 0.25) is 0 Å². The van der Waals surface area contributed by atoms with Gasteiger partial charge in [-0.1, -0.05) is 20.3 Å². The van der Waals surface area contributed by atoms with Crippen LogP contribution in [0.25, 0.3) is 0 Å². The summed E-state index contributed by atoms with van der Waals surface area (Å²) in [5.41, 5.74) is -1.75. The third-order valence-corrected chi connectivity index (χ3v) is 5.23. The van der Waals surface area contributed by atoms with Crippen LogP contribution in [0, 0.1) is 17.8 Å². The van der Waals surface area contributed by atoms with Gasteiger partial charge in [0, 0.05) is 0 Å². The largest absolute Gasteiger partial charge is 0.475 e. The second-order valence-corrected chi connectivity index (χ2v) is 8.69. The molecule has 0 amide bonds. The Balaban J connectivity index is 4.68. The number of unbranched alkanes of at least 4 members (excludes halogenated alkanes) is 1. The molecule has 0 aromatic heterocycles. The summed E-state index contributed by atoms with van der Waals surface area (Å²) >= 11 is 0. The summed E-state index contributed by atoms with van der Waals surface area (Å²) in [6.45, 7) is 12.0. The molecule has 158 valence electrons. The van der Waals surface area contributed by atoms with Gasteiger partial charge in [0.25, 0.3) is 0 Å². The summed E-state index contributed by atoms with van der Waals surface area (Å²) in [5.74, 6) is -0.854. The van der Waals surface area contributed by atoms with E-state index in [0.29, 0.717) is 13.0 Å². The molecule has 0 radical (unpaired) electrons. The fraction of sp³-hybridized carbons (Fsp3) is 0.833. The Bertz CT molecular complexity index is 519. The summed E-state index contributed by atoms with van der Waals surface area (Å²) in [5, 5.41) is 0. The van der Waals surface area contributed by atoms with Crippen molar-refractivity contribution in [2.24, 2.45) is 10.8 Å². The SMILES string of the molecule is [CH2+]COP(=O)(O)OCCOC(=O)C(C)(CC)CC(C)(C)C(=O)OCCCC. The van der Waals surface area contributed by atoms with Crippen LogP contribution >= 0.6 is 7.82 Å². The van der Waals surface area contributed by atoms with E-state index in [-0.39, 0.29) is 32.2 Å². The average molecular weight is 409 g/mol. The molecule has 27 heavy (non-hydrogen) atoms. The zero-order valence-electron chi connectivity index (χ0n) is 17.1. The van der Waals surface area contributed by atoms with E-state index in [2.05, 4.69) is 16.0 Å². The topological polar surface area (TPSA) is 108 Å². The predicted molar refractivity (Wildman–Crippen MR) is 101 cm³/mol. The van der Waals surface area contributed by atoms with Crippen molar-refractivity contribution >= 4 is 19.8 Å². The van der Waals surface area contributed by atoms with Gasteiger partial charge in [0.2, 0.25) is 0 Å². The van der Waals surface area contributed by atoms with Gasteiger partial charge in [-0.05, 0) is 40.0 Å². The lowest BCUT2D eigenvalue weighted by Crippen LogP contribution is -2.39. The van der Waals surface area contributed by atoms with Crippen LogP contribution in [0.15, 0.2) is 0 Å². The molecule has 2 unspecified atom stereocenters. The van der Waals surface area contributed by atoms with Crippen molar-refractivity contribution in [2.45, 2.75) is 60.3 Å². The molecular formula is C18H34O8P+. The standard InChI is InChI=1S/C18H33O8P/c1-7-10-11-23-15(19)17(4,5)14-18(6,8-2)16(20)24-12-13-26-27(21,22)25-9-3/h3,7-14H2,1-2,4-6H3/p+1. The number of rotatable bonds is 14. The van der Waals surface area contributed by atoms with Gasteiger partial charge in [-0.3, -0.25) is 14.1 Å². The zero-order valence-corrected chi connectivity index (χ0v) is 18.0. The Morgan fingerprint density at radius 1 is 1.00 bits per heavy atom. The molecule has 2 atom stereocenters. The number of ether oxygens (including phenoxy) is 2. The van der Waals surface area contributed by atoms with Crippen LogP contribution in [0.1, 0.15) is 60.3 Å². The molecule has 0 rings (SSSR count). The van der Waals surface area contributed by atoms with Crippen LogP contribution in [-0.2, 0) is 32.7 Å². The summed E-state index contributed by atoms with van der Waals surface area (Å²) in [6, 6.07) is 0. The Hall–Kier alpha value is -1.08. The van der Waals surface area contributed by atoms with Crippen LogP contribution < -0.4 is 0 Å². The zero-order chi connectivity index (χ0) is 21.1. The van der Waals surface area contributed by atoms with Crippen molar-refractivity contribution in [3.63, 3.8) is 0 Å². The molecule has 8 nitrogen and oxygen atoms in total. The van der Waals surface area contributed by atoms with Crippen molar-refractivity contribution in [2.75, 3.05) is 26.4 Å². The number of esters is 2. The van der Waals surface area contributed by atoms with E-state index in [1.165, 1.54) is 0 Å². The van der Waals surface area contributed by atoms with Gasteiger partial charge >= 0.3 is 19.8 Å². The van der Waals surface area contributed by atoms with Crippen LogP contribution in [0.4, 0.5) is 0 Å². The van der Waals surface area contributed by atoms with Crippen molar-refractivity contribution in [1.82, 2.24) is 0 Å². The molecule has 0 saturated carbocycles. The summed E-state index contributed by atoms with van der Waals surface area (Å²) in [6.07, 6.45) is 2.43. The Morgan fingerprint density at radius 2 is 1.59 bits per heavy atom. The van der Waals surface area contributed by atoms with Gasteiger partial charge in [0.05, 0.1) is 31.0 Å². The number of carbonyl (C=O) groups is 2. The first-order valence-corrected chi connectivity index (χ1v) is 10.7. The minimum absolute atomic E-state index is 0.207. The van der Waals surface area contributed by atoms with Gasteiger partial charge < -0.3 is 14.4 Å². The quantitative estimate of drug-likeness (QED) is 0.200. The smallest absolute Gasteiger partial charge is 0.465 e. The average Bonchev–Trinajstić information content (AvgIpc) is 2.58. The molecule has 0 bridgehead atoms. The number of carbonyl (C=O) groups excluding carboxylic acids is 2. The molecule has 9 heteroatoms. The van der Waals surface area contributed by atoms with E-state index in [9.17, 15) is 19.0 Å². The lowest BCUT2D eigenvalue weighted by atomic mass is 9.72. The molecular weight excluding hydrogens is 375 g/mol. The highest BCUT2D eigenvalue weighted by atomic mass is 31.2. The summed E-state index contributed by atoms with van der Waals surface area (Å²) in [4.78, 5) is 34.1. The van der Waals surface area contributed by atoms with Crippen molar-refractivity contribution < 1.29 is 37.6 Å². The summed E-state index contributed by atoms with van der Waals surface area (Å²) < 4.78 is 30.9. The fourth-order valence-corrected chi connectivity index (χ4v) is 3.12. The molecule has 0 aromatic carbocycles. The van der Waals surface area contributed by atoms with Crippen molar-refractivity contribution in [3.05, 3.63) is 6.92 Å². The molecule has 1 N–H and O–H groups in total. The van der Waals surface area contributed by atoms with E-state index < -0.39 is 24.6 Å². The third kappa shape index (κ3) is 9.60. The maximum atomic E-state index is 12.5. The highest BCUT2D eigenvalue weighted by Crippen LogP contribution is 2.43. The van der Waals surface area contributed by atoms with E-state index in [4.69, 9.17) is 9.47 Å². The first-order valence-electron chi connectivity index (χ1n) is 9.19. The van der Waals surface area contributed by atoms with Gasteiger partial charge in [-0.2, -0.15) is 0 Å². The fourth-order valence-electron chi connectivity index (χ4n) is 2.51. The number of hydrogen-bond acceptors (Lipinski definition) is 7. The second kappa shape index (κ2) is 11.7. The minimum Gasteiger partial charge on any atom is -0.465 e. The molecule has 0 aliphatic carbocycles. The number of phosphoric acid groups is 1. The highest BCUT2D eigenvalue weighted by Gasteiger charge is 2.42. The number of hydrogen-bond donors (Lipinski definition) is 1. The third-order valence-electron chi connectivity index (χ3n) is 4.21. The first kappa shape index (κ1) is 25.9. The first-order chi connectivity index (χ1) is 12.4. The Kier molecular flexibility index (Phi) is 11.2. The van der Waals surface area contributed by atoms with E-state index in [0.717, 1.165) is 12.8 Å². The Labute approximate surface area is 162 Å².